The molecule has 17 heavy (non-hydrogen) atoms. The van der Waals surface area contributed by atoms with Gasteiger partial charge in [0, 0.05) is 15.8 Å². The van der Waals surface area contributed by atoms with Gasteiger partial charge in [0.15, 0.2) is 0 Å². The molecule has 0 aliphatic rings. The van der Waals surface area contributed by atoms with Crippen LogP contribution in [0, 0.1) is 14.9 Å². The zero-order valence-electron chi connectivity index (χ0n) is 11.2. The van der Waals surface area contributed by atoms with E-state index in [2.05, 4.69) is 61.7 Å². The number of benzene rings is 1. The lowest BCUT2D eigenvalue weighted by Crippen LogP contribution is -2.29. The fraction of sp³-hybridized carbons (Fsp3) is 0.571. The Labute approximate surface area is 119 Å². The molecule has 0 spiro atoms. The molecule has 0 heterocycles. The fourth-order valence-corrected chi connectivity index (χ4v) is 2.28. The van der Waals surface area contributed by atoms with E-state index in [0.29, 0.717) is 11.3 Å². The third-order valence-corrected chi connectivity index (χ3v) is 3.86. The van der Waals surface area contributed by atoms with Crippen molar-refractivity contribution in [3.63, 3.8) is 0 Å². The van der Waals surface area contributed by atoms with E-state index < -0.39 is 0 Å². The zero-order valence-corrected chi connectivity index (χ0v) is 13.3. The van der Waals surface area contributed by atoms with Crippen LogP contribution in [-0.2, 0) is 6.54 Å². The molecule has 3 heteroatoms. The number of nitrogens with one attached hydrogen (secondary N) is 1. The van der Waals surface area contributed by atoms with Crippen molar-refractivity contribution in [1.29, 1.82) is 0 Å². The van der Waals surface area contributed by atoms with Crippen molar-refractivity contribution in [2.75, 3.05) is 12.3 Å². The molecule has 0 amide bonds. The van der Waals surface area contributed by atoms with Crippen LogP contribution in [0.25, 0.3) is 0 Å². The third kappa shape index (κ3) is 5.25. The van der Waals surface area contributed by atoms with Crippen LogP contribution in [-0.4, -0.2) is 6.54 Å². The molecule has 0 aromatic heterocycles. The summed E-state index contributed by atoms with van der Waals surface area (Å²) in [6.45, 7) is 11.1. The van der Waals surface area contributed by atoms with Crippen LogP contribution in [0.1, 0.15) is 33.3 Å². The average Bonchev–Trinajstić information content (AvgIpc) is 2.14. The van der Waals surface area contributed by atoms with E-state index in [4.69, 9.17) is 5.73 Å². The molecule has 1 aromatic rings. The monoisotopic (exact) mass is 346 g/mol. The Hall–Kier alpha value is -0.290. The van der Waals surface area contributed by atoms with E-state index in [1.54, 1.807) is 0 Å². The first-order chi connectivity index (χ1) is 7.79. The maximum absolute atomic E-state index is 5.83. The van der Waals surface area contributed by atoms with Gasteiger partial charge in [-0.25, -0.2) is 0 Å². The molecule has 0 bridgehead atoms. The Morgan fingerprint density at radius 1 is 1.29 bits per heavy atom. The second-order valence-electron chi connectivity index (χ2n) is 5.79. The summed E-state index contributed by atoms with van der Waals surface area (Å²) >= 11 is 2.30. The highest BCUT2D eigenvalue weighted by atomic mass is 127. The maximum Gasteiger partial charge on any atom is 0.0327 e. The van der Waals surface area contributed by atoms with Gasteiger partial charge >= 0.3 is 0 Å². The summed E-state index contributed by atoms with van der Waals surface area (Å²) in [6, 6.07) is 6.20. The lowest BCUT2D eigenvalue weighted by atomic mass is 9.82. The molecule has 1 unspecified atom stereocenters. The number of hydrogen-bond acceptors (Lipinski definition) is 2. The van der Waals surface area contributed by atoms with Gasteiger partial charge in [0.05, 0.1) is 0 Å². The van der Waals surface area contributed by atoms with E-state index in [1.807, 2.05) is 12.1 Å². The van der Waals surface area contributed by atoms with Gasteiger partial charge in [0.1, 0.15) is 0 Å². The van der Waals surface area contributed by atoms with Crippen LogP contribution >= 0.6 is 22.6 Å². The highest BCUT2D eigenvalue weighted by Crippen LogP contribution is 2.24. The highest BCUT2D eigenvalue weighted by molar-refractivity contribution is 14.1. The second-order valence-corrected chi connectivity index (χ2v) is 7.04. The Balaban J connectivity index is 2.46. The zero-order chi connectivity index (χ0) is 13.1. The van der Waals surface area contributed by atoms with Crippen molar-refractivity contribution < 1.29 is 0 Å². The first-order valence-corrected chi connectivity index (χ1v) is 7.12. The van der Waals surface area contributed by atoms with E-state index in [1.165, 1.54) is 9.13 Å². The molecule has 1 rings (SSSR count). The molecule has 0 aliphatic carbocycles. The molecule has 3 N–H and O–H groups in total. The van der Waals surface area contributed by atoms with Crippen molar-refractivity contribution in [3.05, 3.63) is 27.3 Å². The molecular formula is C14H23IN2. The van der Waals surface area contributed by atoms with Crippen LogP contribution in [0.2, 0.25) is 0 Å². The number of anilines is 1. The minimum absolute atomic E-state index is 0.358. The predicted octanol–water partition coefficient (Wildman–Crippen LogP) is 3.65. The van der Waals surface area contributed by atoms with Crippen molar-refractivity contribution >= 4 is 28.3 Å². The summed E-state index contributed by atoms with van der Waals surface area (Å²) in [6.07, 6.45) is 0. The summed E-state index contributed by atoms with van der Waals surface area (Å²) in [5.41, 5.74) is 8.29. The van der Waals surface area contributed by atoms with Crippen molar-refractivity contribution in [2.24, 2.45) is 11.3 Å². The number of rotatable bonds is 4. The topological polar surface area (TPSA) is 38.0 Å². The first-order valence-electron chi connectivity index (χ1n) is 6.04. The second kappa shape index (κ2) is 6.05. The Morgan fingerprint density at radius 2 is 1.94 bits per heavy atom. The summed E-state index contributed by atoms with van der Waals surface area (Å²) < 4.78 is 1.20. The summed E-state index contributed by atoms with van der Waals surface area (Å²) in [7, 11) is 0. The predicted molar refractivity (Wildman–Crippen MR) is 83.9 cm³/mol. The van der Waals surface area contributed by atoms with E-state index in [-0.39, 0.29) is 0 Å². The van der Waals surface area contributed by atoms with Crippen LogP contribution < -0.4 is 11.1 Å². The smallest absolute Gasteiger partial charge is 0.0327 e. The molecule has 96 valence electrons. The molecule has 0 aliphatic heterocycles. The van der Waals surface area contributed by atoms with Gasteiger partial charge in [-0.2, -0.15) is 0 Å². The Kier molecular flexibility index (Phi) is 5.25. The maximum atomic E-state index is 5.83. The van der Waals surface area contributed by atoms with Gasteiger partial charge < -0.3 is 11.1 Å². The number of nitrogen functional groups attached to an aromatic ring is 1. The molecule has 2 nitrogen and oxygen atoms in total. The van der Waals surface area contributed by atoms with E-state index in [0.717, 1.165) is 18.8 Å². The largest absolute Gasteiger partial charge is 0.399 e. The van der Waals surface area contributed by atoms with Gasteiger partial charge in [0.2, 0.25) is 0 Å². The minimum Gasteiger partial charge on any atom is -0.399 e. The Morgan fingerprint density at radius 3 is 2.47 bits per heavy atom. The van der Waals surface area contributed by atoms with Crippen LogP contribution in [0.15, 0.2) is 18.2 Å². The Bertz CT molecular complexity index is 349. The summed E-state index contributed by atoms with van der Waals surface area (Å²) in [4.78, 5) is 0. The van der Waals surface area contributed by atoms with Crippen LogP contribution in [0.5, 0.6) is 0 Å². The highest BCUT2D eigenvalue weighted by Gasteiger charge is 2.19. The molecule has 0 saturated heterocycles. The number of halogens is 1. The summed E-state index contributed by atoms with van der Waals surface area (Å²) in [5.74, 6) is 0.655. The van der Waals surface area contributed by atoms with Crippen molar-refractivity contribution in [1.82, 2.24) is 5.32 Å². The number of nitrogens with two attached hydrogens (primary N) is 1. The standard InChI is InChI=1S/C14H23IN2/c1-10(14(2,3)4)8-17-9-11-5-12(15)7-13(16)6-11/h5-7,10,17H,8-9,16H2,1-4H3. The molecule has 0 saturated carbocycles. The van der Waals surface area contributed by atoms with Gasteiger partial charge in [0.25, 0.3) is 0 Å². The van der Waals surface area contributed by atoms with Crippen molar-refractivity contribution in [2.45, 2.75) is 34.2 Å². The van der Waals surface area contributed by atoms with Gasteiger partial charge in [-0.1, -0.05) is 27.7 Å². The quantitative estimate of drug-likeness (QED) is 0.645. The van der Waals surface area contributed by atoms with Crippen molar-refractivity contribution in [3.8, 4) is 0 Å². The molecule has 0 fully saturated rings. The lowest BCUT2D eigenvalue weighted by Gasteiger charge is -2.27. The molecular weight excluding hydrogens is 323 g/mol. The molecule has 1 atom stereocenters. The normalized spacial score (nSPS) is 13.7. The van der Waals surface area contributed by atoms with Gasteiger partial charge in [-0.3, -0.25) is 0 Å². The molecule has 1 aromatic carbocycles. The minimum atomic E-state index is 0.358. The van der Waals surface area contributed by atoms with Crippen LogP contribution in [0.3, 0.4) is 0 Å². The fourth-order valence-electron chi connectivity index (χ4n) is 1.52. The van der Waals surface area contributed by atoms with Crippen LogP contribution in [0.4, 0.5) is 5.69 Å². The number of hydrogen-bond donors (Lipinski definition) is 2. The van der Waals surface area contributed by atoms with E-state index in [9.17, 15) is 0 Å². The molecule has 0 radical (unpaired) electrons. The SMILES string of the molecule is CC(CNCc1cc(N)cc(I)c1)C(C)(C)C. The lowest BCUT2D eigenvalue weighted by molar-refractivity contribution is 0.252. The summed E-state index contributed by atoms with van der Waals surface area (Å²) in [5, 5.41) is 3.50. The van der Waals surface area contributed by atoms with E-state index >= 15 is 0 Å². The van der Waals surface area contributed by atoms with Gasteiger partial charge in [-0.05, 0) is 64.2 Å². The average molecular weight is 346 g/mol. The first kappa shape index (κ1) is 14.8. The third-order valence-electron chi connectivity index (χ3n) is 3.24. The van der Waals surface area contributed by atoms with Gasteiger partial charge in [-0.15, -0.1) is 0 Å².